The molecule has 0 atom stereocenters. The zero-order chi connectivity index (χ0) is 21.9. The first-order valence-corrected chi connectivity index (χ1v) is 13.7. The number of rotatable bonds is 12. The van der Waals surface area contributed by atoms with Crippen molar-refractivity contribution in [1.82, 2.24) is 0 Å². The topological polar surface area (TPSA) is 9.23 Å². The predicted molar refractivity (Wildman–Crippen MR) is 135 cm³/mol. The van der Waals surface area contributed by atoms with Crippen LogP contribution in [0, 0.1) is 5.92 Å². The highest BCUT2D eigenvalue weighted by atomic mass is 28.4. The van der Waals surface area contributed by atoms with E-state index in [-0.39, 0.29) is 5.04 Å². The molecule has 1 nitrogen and oxygen atoms in total. The van der Waals surface area contributed by atoms with Crippen molar-refractivity contribution in [2.45, 2.75) is 78.2 Å². The maximum Gasteiger partial charge on any atom is 0.261 e. The third-order valence-electron chi connectivity index (χ3n) is 5.77. The first kappa shape index (κ1) is 24.6. The van der Waals surface area contributed by atoms with Gasteiger partial charge >= 0.3 is 0 Å². The Balaban J connectivity index is 1.99. The van der Waals surface area contributed by atoms with E-state index in [2.05, 4.69) is 107 Å². The number of benzene rings is 2. The van der Waals surface area contributed by atoms with Crippen LogP contribution in [0.3, 0.4) is 0 Å². The minimum Gasteiger partial charge on any atom is -0.407 e. The average molecular weight is 423 g/mol. The van der Waals surface area contributed by atoms with Gasteiger partial charge in [-0.05, 0) is 47.0 Å². The van der Waals surface area contributed by atoms with E-state index in [1.165, 1.54) is 42.5 Å². The normalized spacial score (nSPS) is 12.7. The molecule has 0 fully saturated rings. The van der Waals surface area contributed by atoms with Crippen molar-refractivity contribution >= 4 is 18.7 Å². The lowest BCUT2D eigenvalue weighted by atomic mass is 10.1. The van der Waals surface area contributed by atoms with Crippen molar-refractivity contribution in [3.8, 4) is 0 Å². The van der Waals surface area contributed by atoms with Crippen molar-refractivity contribution in [3.05, 3.63) is 72.8 Å². The minimum absolute atomic E-state index is 0.0664. The van der Waals surface area contributed by atoms with Crippen molar-refractivity contribution in [2.75, 3.05) is 6.61 Å². The lowest BCUT2D eigenvalue weighted by Crippen LogP contribution is -2.66. The van der Waals surface area contributed by atoms with Gasteiger partial charge in [-0.3, -0.25) is 0 Å². The molecule has 2 aromatic rings. The van der Waals surface area contributed by atoms with Crippen LogP contribution in [0.4, 0.5) is 0 Å². The fourth-order valence-corrected chi connectivity index (χ4v) is 8.80. The molecule has 0 radical (unpaired) electrons. The Hall–Kier alpha value is -1.64. The third-order valence-corrected chi connectivity index (χ3v) is 10.8. The highest BCUT2D eigenvalue weighted by molar-refractivity contribution is 6.99. The number of hydrogen-bond acceptors (Lipinski definition) is 1. The fourth-order valence-electron chi connectivity index (χ4n) is 4.19. The smallest absolute Gasteiger partial charge is 0.261 e. The molecule has 2 heteroatoms. The van der Waals surface area contributed by atoms with Crippen molar-refractivity contribution in [3.63, 3.8) is 0 Å². The van der Waals surface area contributed by atoms with Crippen LogP contribution in [0.15, 0.2) is 72.8 Å². The maximum atomic E-state index is 6.96. The Morgan fingerprint density at radius 3 is 1.80 bits per heavy atom. The monoisotopic (exact) mass is 422 g/mol. The maximum absolute atomic E-state index is 6.96. The molecule has 0 heterocycles. The number of unbranched alkanes of at least 4 members (excludes halogenated alkanes) is 4. The van der Waals surface area contributed by atoms with Crippen LogP contribution in [0.25, 0.3) is 0 Å². The summed E-state index contributed by atoms with van der Waals surface area (Å²) in [6.07, 6.45) is 12.1. The van der Waals surface area contributed by atoms with Crippen LogP contribution in [0.2, 0.25) is 5.04 Å². The van der Waals surface area contributed by atoms with Gasteiger partial charge in [-0.25, -0.2) is 0 Å². The lowest BCUT2D eigenvalue weighted by Gasteiger charge is -2.43. The van der Waals surface area contributed by atoms with Gasteiger partial charge in [-0.2, -0.15) is 0 Å². The summed E-state index contributed by atoms with van der Waals surface area (Å²) < 4.78 is 6.96. The van der Waals surface area contributed by atoms with Gasteiger partial charge in [0, 0.05) is 6.61 Å². The van der Waals surface area contributed by atoms with E-state index in [9.17, 15) is 0 Å². The van der Waals surface area contributed by atoms with Crippen LogP contribution >= 0.6 is 0 Å². The molecular weight excluding hydrogens is 380 g/mol. The molecule has 0 saturated carbocycles. The molecule has 0 unspecified atom stereocenters. The second kappa shape index (κ2) is 12.3. The molecule has 0 aliphatic rings. The Labute approximate surface area is 186 Å². The van der Waals surface area contributed by atoms with Gasteiger partial charge in [0.1, 0.15) is 0 Å². The molecule has 0 aliphatic heterocycles. The van der Waals surface area contributed by atoms with Gasteiger partial charge in [0.25, 0.3) is 8.32 Å². The molecule has 30 heavy (non-hydrogen) atoms. The van der Waals surface area contributed by atoms with Crippen molar-refractivity contribution in [2.24, 2.45) is 5.92 Å². The van der Waals surface area contributed by atoms with Crippen LogP contribution in [0.1, 0.15) is 73.1 Å². The Morgan fingerprint density at radius 2 is 1.30 bits per heavy atom. The second-order valence-electron chi connectivity index (χ2n) is 9.82. The summed E-state index contributed by atoms with van der Waals surface area (Å²) >= 11 is 0. The molecule has 0 saturated heterocycles. The van der Waals surface area contributed by atoms with E-state index in [4.69, 9.17) is 4.43 Å². The summed E-state index contributed by atoms with van der Waals surface area (Å²) in [4.78, 5) is 0. The zero-order valence-electron chi connectivity index (χ0n) is 19.9. The largest absolute Gasteiger partial charge is 0.407 e. The molecule has 0 aromatic heterocycles. The Morgan fingerprint density at radius 1 is 0.767 bits per heavy atom. The van der Waals surface area contributed by atoms with Crippen LogP contribution in [-0.2, 0) is 4.43 Å². The summed E-state index contributed by atoms with van der Waals surface area (Å²) in [6.45, 7) is 12.4. The fraction of sp³-hybridized carbons (Fsp3) is 0.500. The Kier molecular flexibility index (Phi) is 10.1. The summed E-state index contributed by atoms with van der Waals surface area (Å²) in [5, 5.41) is 2.81. The second-order valence-corrected chi connectivity index (χ2v) is 14.1. The predicted octanol–water partition coefficient (Wildman–Crippen LogP) is 7.12. The zero-order valence-corrected chi connectivity index (χ0v) is 20.9. The summed E-state index contributed by atoms with van der Waals surface area (Å²) in [7, 11) is -2.36. The van der Waals surface area contributed by atoms with E-state index >= 15 is 0 Å². The van der Waals surface area contributed by atoms with Crippen molar-refractivity contribution in [1.29, 1.82) is 0 Å². The van der Waals surface area contributed by atoms with E-state index in [0.717, 1.165) is 18.9 Å². The summed E-state index contributed by atoms with van der Waals surface area (Å²) in [6, 6.07) is 21.9. The molecular formula is C28H42OSi. The molecule has 0 amide bonds. The van der Waals surface area contributed by atoms with Gasteiger partial charge in [0.15, 0.2) is 0 Å². The molecule has 164 valence electrons. The van der Waals surface area contributed by atoms with Gasteiger partial charge in [0.2, 0.25) is 0 Å². The standard InChI is InChI=1S/C28H42OSi/c1-25(2)19-13-9-7-6-8-10-18-24-29-30(28(3,4)5,26-20-14-11-15-21-26)27-22-16-12-17-23-27/h9,11-17,20-23,25H,6-8,10,18-19,24H2,1-5H3/b13-9+. The van der Waals surface area contributed by atoms with Gasteiger partial charge in [0.05, 0.1) is 0 Å². The SMILES string of the molecule is CC(C)C/C=C/CCCCCCO[Si](c1ccccc1)(c1ccccc1)C(C)(C)C. The highest BCUT2D eigenvalue weighted by Crippen LogP contribution is 2.36. The van der Waals surface area contributed by atoms with Gasteiger partial charge in [-0.15, -0.1) is 0 Å². The van der Waals surface area contributed by atoms with E-state index in [1.807, 2.05) is 0 Å². The molecule has 0 N–H and O–H groups in total. The highest BCUT2D eigenvalue weighted by Gasteiger charge is 2.49. The number of allylic oxidation sites excluding steroid dienone is 2. The van der Waals surface area contributed by atoms with E-state index in [0.29, 0.717) is 0 Å². The van der Waals surface area contributed by atoms with E-state index in [1.54, 1.807) is 0 Å². The number of hydrogen-bond donors (Lipinski definition) is 0. The molecule has 0 bridgehead atoms. The summed E-state index contributed by atoms with van der Waals surface area (Å²) in [5.74, 6) is 0.764. The first-order valence-electron chi connectivity index (χ1n) is 11.8. The van der Waals surface area contributed by atoms with Crippen LogP contribution in [-0.4, -0.2) is 14.9 Å². The van der Waals surface area contributed by atoms with E-state index < -0.39 is 8.32 Å². The lowest BCUT2D eigenvalue weighted by molar-refractivity contribution is 0.286. The van der Waals surface area contributed by atoms with Crippen LogP contribution in [0.5, 0.6) is 0 Å². The third kappa shape index (κ3) is 6.96. The Bertz CT molecular complexity index is 689. The average Bonchev–Trinajstić information content (AvgIpc) is 2.72. The van der Waals surface area contributed by atoms with Gasteiger partial charge < -0.3 is 4.43 Å². The molecule has 2 aromatic carbocycles. The summed E-state index contributed by atoms with van der Waals surface area (Å²) in [5.41, 5.74) is 0. The van der Waals surface area contributed by atoms with Crippen molar-refractivity contribution < 1.29 is 4.43 Å². The van der Waals surface area contributed by atoms with Crippen LogP contribution < -0.4 is 10.4 Å². The minimum atomic E-state index is -2.36. The molecule has 0 aliphatic carbocycles. The molecule has 0 spiro atoms. The van der Waals surface area contributed by atoms with Gasteiger partial charge in [-0.1, -0.05) is 120 Å². The molecule has 2 rings (SSSR count). The quantitative estimate of drug-likeness (QED) is 0.201. The first-order chi connectivity index (χ1) is 14.4.